The van der Waals surface area contributed by atoms with Crippen LogP contribution < -0.4 is 16.0 Å². The van der Waals surface area contributed by atoms with Crippen molar-refractivity contribution >= 4 is 56.8 Å². The molecular formula is C26H25N9O. The number of rotatable bonds is 8. The molecule has 0 atom stereocenters. The summed E-state index contributed by atoms with van der Waals surface area (Å²) in [5, 5.41) is 10.3. The van der Waals surface area contributed by atoms with Crippen LogP contribution in [0, 0.1) is 0 Å². The monoisotopic (exact) mass is 479 g/mol. The molecule has 5 rings (SSSR count). The van der Waals surface area contributed by atoms with Gasteiger partial charge in [0.1, 0.15) is 5.52 Å². The van der Waals surface area contributed by atoms with Crippen LogP contribution in [0.3, 0.4) is 0 Å². The predicted octanol–water partition coefficient (Wildman–Crippen LogP) is 4.57. The molecule has 10 heteroatoms. The minimum absolute atomic E-state index is 0.281. The highest BCUT2D eigenvalue weighted by Crippen LogP contribution is 2.27. The number of aromatic amines is 1. The van der Waals surface area contributed by atoms with E-state index in [2.05, 4.69) is 53.4 Å². The number of H-pyrrole nitrogens is 1. The van der Waals surface area contributed by atoms with Crippen molar-refractivity contribution in [3.05, 3.63) is 79.3 Å². The zero-order valence-corrected chi connectivity index (χ0v) is 19.9. The summed E-state index contributed by atoms with van der Waals surface area (Å²) in [6, 6.07) is 17.3. The lowest BCUT2D eigenvalue weighted by Gasteiger charge is -2.12. The maximum Gasteiger partial charge on any atom is 0.247 e. The average Bonchev–Trinajstić information content (AvgIpc) is 3.33. The van der Waals surface area contributed by atoms with E-state index in [4.69, 9.17) is 4.98 Å². The summed E-state index contributed by atoms with van der Waals surface area (Å²) in [7, 11) is 4.05. The summed E-state index contributed by atoms with van der Waals surface area (Å²) in [5.74, 6) is 0.656. The van der Waals surface area contributed by atoms with Crippen LogP contribution in [0.15, 0.2) is 73.6 Å². The molecule has 0 radical (unpaired) electrons. The maximum atomic E-state index is 11.7. The molecule has 4 N–H and O–H groups in total. The maximum absolute atomic E-state index is 11.7. The zero-order chi connectivity index (χ0) is 25.1. The first-order valence-electron chi connectivity index (χ1n) is 11.3. The number of benzene rings is 2. The standard InChI is InChI=1S/C26H25N9O/c1-4-22(36)30-17-6-5-7-18(13-17)31-25-23-24(28-15-27-23)33-26(34-25)32-19-10-11-21-16(12-19)8-9-20(29-21)14-35(2)3/h4-13,15H,1,14H2,2-3H3,(H,30,36)(H3,27,28,31,32,33,34). The zero-order valence-electron chi connectivity index (χ0n) is 19.9. The fourth-order valence-electron chi connectivity index (χ4n) is 3.77. The van der Waals surface area contributed by atoms with Crippen molar-refractivity contribution in [1.29, 1.82) is 0 Å². The summed E-state index contributed by atoms with van der Waals surface area (Å²) in [4.78, 5) is 35.1. The Bertz CT molecular complexity index is 1570. The van der Waals surface area contributed by atoms with Gasteiger partial charge >= 0.3 is 0 Å². The second kappa shape index (κ2) is 9.80. The third-order valence-electron chi connectivity index (χ3n) is 5.35. The fourth-order valence-corrected chi connectivity index (χ4v) is 3.77. The Morgan fingerprint density at radius 3 is 2.67 bits per heavy atom. The van der Waals surface area contributed by atoms with Crippen LogP contribution in [0.1, 0.15) is 5.69 Å². The second-order valence-corrected chi connectivity index (χ2v) is 8.47. The number of imidazole rings is 1. The Balaban J connectivity index is 1.41. The van der Waals surface area contributed by atoms with Gasteiger partial charge in [-0.05, 0) is 62.6 Å². The van der Waals surface area contributed by atoms with Crippen LogP contribution in [0.25, 0.3) is 22.1 Å². The van der Waals surface area contributed by atoms with Gasteiger partial charge in [0, 0.05) is 29.0 Å². The van der Waals surface area contributed by atoms with E-state index in [0.717, 1.165) is 34.5 Å². The Kier molecular flexibility index (Phi) is 6.25. The number of nitrogens with zero attached hydrogens (tertiary/aromatic N) is 5. The highest BCUT2D eigenvalue weighted by molar-refractivity contribution is 5.99. The average molecular weight is 480 g/mol. The van der Waals surface area contributed by atoms with Gasteiger partial charge in [-0.1, -0.05) is 18.7 Å². The van der Waals surface area contributed by atoms with Gasteiger partial charge < -0.3 is 25.8 Å². The summed E-state index contributed by atoms with van der Waals surface area (Å²) in [5.41, 5.74) is 5.33. The highest BCUT2D eigenvalue weighted by atomic mass is 16.1. The van der Waals surface area contributed by atoms with Gasteiger partial charge in [-0.2, -0.15) is 9.97 Å². The van der Waals surface area contributed by atoms with Crippen molar-refractivity contribution in [3.63, 3.8) is 0 Å². The molecule has 1 amide bonds. The number of pyridine rings is 1. The van der Waals surface area contributed by atoms with E-state index in [-0.39, 0.29) is 5.91 Å². The molecule has 0 aliphatic rings. The largest absolute Gasteiger partial charge is 0.340 e. The SMILES string of the molecule is C=CC(=O)Nc1cccc(Nc2nc(Nc3ccc4nc(CN(C)C)ccc4c3)nc3nc[nH]c23)c1. The minimum Gasteiger partial charge on any atom is -0.340 e. The summed E-state index contributed by atoms with van der Waals surface area (Å²) in [6.45, 7) is 4.27. The Morgan fingerprint density at radius 2 is 1.83 bits per heavy atom. The first kappa shape index (κ1) is 22.9. The molecule has 0 bridgehead atoms. The van der Waals surface area contributed by atoms with Gasteiger partial charge in [0.2, 0.25) is 11.9 Å². The van der Waals surface area contributed by atoms with Crippen molar-refractivity contribution in [3.8, 4) is 0 Å². The first-order valence-corrected chi connectivity index (χ1v) is 11.3. The summed E-state index contributed by atoms with van der Waals surface area (Å²) >= 11 is 0. The Morgan fingerprint density at radius 1 is 1.00 bits per heavy atom. The number of hydrogen-bond acceptors (Lipinski definition) is 8. The van der Waals surface area contributed by atoms with Crippen molar-refractivity contribution in [2.24, 2.45) is 0 Å². The van der Waals surface area contributed by atoms with E-state index in [1.54, 1.807) is 18.5 Å². The molecule has 0 saturated carbocycles. The molecule has 0 fully saturated rings. The van der Waals surface area contributed by atoms with Gasteiger partial charge in [0.15, 0.2) is 11.5 Å². The van der Waals surface area contributed by atoms with Crippen LogP contribution in [0.2, 0.25) is 0 Å². The molecule has 0 saturated heterocycles. The number of hydrogen-bond donors (Lipinski definition) is 4. The van der Waals surface area contributed by atoms with Crippen molar-refractivity contribution < 1.29 is 4.79 Å². The fraction of sp³-hybridized carbons (Fsp3) is 0.115. The molecule has 5 aromatic rings. The van der Waals surface area contributed by atoms with Gasteiger partial charge in [0.25, 0.3) is 0 Å². The molecule has 10 nitrogen and oxygen atoms in total. The lowest BCUT2D eigenvalue weighted by Crippen LogP contribution is -2.11. The number of anilines is 5. The van der Waals surface area contributed by atoms with Gasteiger partial charge in [0.05, 0.1) is 17.5 Å². The summed E-state index contributed by atoms with van der Waals surface area (Å²) in [6.07, 6.45) is 2.80. The molecule has 0 aliphatic heterocycles. The lowest BCUT2D eigenvalue weighted by molar-refractivity contribution is -0.111. The van der Waals surface area contributed by atoms with Gasteiger partial charge in [-0.15, -0.1) is 0 Å². The number of carbonyl (C=O) groups is 1. The van der Waals surface area contributed by atoms with Crippen LogP contribution >= 0.6 is 0 Å². The third kappa shape index (κ3) is 5.13. The molecule has 0 unspecified atom stereocenters. The van der Waals surface area contributed by atoms with E-state index in [9.17, 15) is 4.79 Å². The molecule has 36 heavy (non-hydrogen) atoms. The normalized spacial score (nSPS) is 11.1. The minimum atomic E-state index is -0.281. The van der Waals surface area contributed by atoms with Crippen LogP contribution in [-0.4, -0.2) is 49.8 Å². The first-order chi connectivity index (χ1) is 17.5. The second-order valence-electron chi connectivity index (χ2n) is 8.47. The smallest absolute Gasteiger partial charge is 0.247 e. The highest BCUT2D eigenvalue weighted by Gasteiger charge is 2.12. The summed E-state index contributed by atoms with van der Waals surface area (Å²) < 4.78 is 0. The topological polar surface area (TPSA) is 124 Å². The van der Waals surface area contributed by atoms with Crippen LogP contribution in [0.4, 0.5) is 28.8 Å². The van der Waals surface area contributed by atoms with E-state index < -0.39 is 0 Å². The van der Waals surface area contributed by atoms with E-state index in [0.29, 0.717) is 28.6 Å². The van der Waals surface area contributed by atoms with Gasteiger partial charge in [-0.25, -0.2) is 4.98 Å². The predicted molar refractivity (Wildman–Crippen MR) is 143 cm³/mol. The molecular weight excluding hydrogens is 454 g/mol. The van der Waals surface area contributed by atoms with Crippen LogP contribution in [-0.2, 0) is 11.3 Å². The van der Waals surface area contributed by atoms with E-state index >= 15 is 0 Å². The number of nitrogens with one attached hydrogen (secondary N) is 4. The Hall–Kier alpha value is -4.83. The number of amides is 1. The van der Waals surface area contributed by atoms with Crippen molar-refractivity contribution in [1.82, 2.24) is 29.8 Å². The van der Waals surface area contributed by atoms with Crippen molar-refractivity contribution in [2.75, 3.05) is 30.0 Å². The van der Waals surface area contributed by atoms with Crippen molar-refractivity contribution in [2.45, 2.75) is 6.54 Å². The molecule has 0 aliphatic carbocycles. The molecule has 0 spiro atoms. The van der Waals surface area contributed by atoms with Gasteiger partial charge in [-0.3, -0.25) is 9.78 Å². The third-order valence-corrected chi connectivity index (χ3v) is 5.35. The number of carbonyl (C=O) groups excluding carboxylic acids is 1. The molecule has 2 aromatic carbocycles. The van der Waals surface area contributed by atoms with E-state index in [1.165, 1.54) is 6.08 Å². The van der Waals surface area contributed by atoms with E-state index in [1.807, 2.05) is 50.5 Å². The molecule has 180 valence electrons. The van der Waals surface area contributed by atoms with Crippen LogP contribution in [0.5, 0.6) is 0 Å². The Labute approximate surface area is 207 Å². The molecule has 3 aromatic heterocycles. The lowest BCUT2D eigenvalue weighted by atomic mass is 10.2. The number of aromatic nitrogens is 5. The quantitative estimate of drug-likeness (QED) is 0.239. The molecule has 3 heterocycles. The number of fused-ring (bicyclic) bond motifs is 2.